The standard InChI is InChI=1S/C31H35ClN2O4S/c1-39(35,36)37-18-4-12-30(13-14-30)23-7-10-28(32)22(19-23)20-34-31(15-16-31)27-21-33-17-11-25(27)26-5-2-3-6-29(26)38-24-8-9-24/h2-3,5-7,10-11,17,19,21,24,34H,4,8-9,12-16,18,20H2,1H3. The number of benzene rings is 2. The first kappa shape index (κ1) is 26.8. The van der Waals surface area contributed by atoms with Crippen LogP contribution < -0.4 is 10.1 Å². The maximum absolute atomic E-state index is 11.3. The highest BCUT2D eigenvalue weighted by molar-refractivity contribution is 7.85. The molecule has 6 nitrogen and oxygen atoms in total. The molecule has 3 aliphatic rings. The van der Waals surface area contributed by atoms with Crippen molar-refractivity contribution in [3.63, 3.8) is 0 Å². The lowest BCUT2D eigenvalue weighted by Gasteiger charge is -2.23. The van der Waals surface area contributed by atoms with Crippen LogP contribution in [0, 0.1) is 0 Å². The predicted octanol–water partition coefficient (Wildman–Crippen LogP) is 6.51. The summed E-state index contributed by atoms with van der Waals surface area (Å²) in [5, 5.41) is 4.60. The van der Waals surface area contributed by atoms with Gasteiger partial charge in [0.05, 0.1) is 19.0 Å². The molecule has 3 aromatic rings. The summed E-state index contributed by atoms with van der Waals surface area (Å²) < 4.78 is 33.8. The minimum absolute atomic E-state index is 0.0965. The van der Waals surface area contributed by atoms with Crippen molar-refractivity contribution < 1.29 is 17.3 Å². The second-order valence-corrected chi connectivity index (χ2v) is 13.4. The SMILES string of the molecule is CS(=O)(=O)OCCCC1(c2ccc(Cl)c(CNC3(c4cnccc4-c4ccccc4OC4CC4)CC3)c2)CC1. The van der Waals surface area contributed by atoms with Gasteiger partial charge in [0, 0.05) is 35.1 Å². The van der Waals surface area contributed by atoms with Crippen LogP contribution >= 0.6 is 11.6 Å². The fourth-order valence-electron chi connectivity index (χ4n) is 5.59. The molecule has 39 heavy (non-hydrogen) atoms. The van der Waals surface area contributed by atoms with Crippen molar-refractivity contribution in [2.24, 2.45) is 0 Å². The van der Waals surface area contributed by atoms with Gasteiger partial charge in [-0.3, -0.25) is 9.17 Å². The van der Waals surface area contributed by atoms with Crippen LogP contribution in [0.25, 0.3) is 11.1 Å². The molecule has 0 spiro atoms. The van der Waals surface area contributed by atoms with Crippen LogP contribution in [0.1, 0.15) is 68.1 Å². The normalized spacial score (nSPS) is 19.0. The van der Waals surface area contributed by atoms with E-state index in [1.54, 1.807) is 0 Å². The number of pyridine rings is 1. The zero-order valence-corrected chi connectivity index (χ0v) is 23.9. The van der Waals surface area contributed by atoms with E-state index in [2.05, 4.69) is 46.7 Å². The summed E-state index contributed by atoms with van der Waals surface area (Å²) in [4.78, 5) is 4.50. The van der Waals surface area contributed by atoms with Gasteiger partial charge in [0.15, 0.2) is 0 Å². The lowest BCUT2D eigenvalue weighted by molar-refractivity contribution is 0.304. The van der Waals surface area contributed by atoms with E-state index in [1.807, 2.05) is 24.5 Å². The quantitative estimate of drug-likeness (QED) is 0.188. The van der Waals surface area contributed by atoms with Crippen molar-refractivity contribution in [1.29, 1.82) is 0 Å². The van der Waals surface area contributed by atoms with Crippen LogP contribution in [0.5, 0.6) is 5.75 Å². The van der Waals surface area contributed by atoms with Gasteiger partial charge in [-0.2, -0.15) is 8.42 Å². The molecular weight excluding hydrogens is 532 g/mol. The van der Waals surface area contributed by atoms with E-state index in [0.29, 0.717) is 19.1 Å². The second-order valence-electron chi connectivity index (χ2n) is 11.4. The summed E-state index contributed by atoms with van der Waals surface area (Å²) in [6.07, 6.45) is 13.4. The number of ether oxygens (including phenoxy) is 1. The summed E-state index contributed by atoms with van der Waals surface area (Å²) in [6.45, 7) is 0.891. The van der Waals surface area contributed by atoms with Gasteiger partial charge in [0.1, 0.15) is 5.75 Å². The summed E-state index contributed by atoms with van der Waals surface area (Å²) in [6, 6.07) is 16.8. The Labute approximate surface area is 236 Å². The first-order chi connectivity index (χ1) is 18.8. The average molecular weight is 567 g/mol. The Morgan fingerprint density at radius 3 is 2.56 bits per heavy atom. The molecule has 3 fully saturated rings. The number of halogens is 1. The number of rotatable bonds is 13. The molecule has 2 aromatic carbocycles. The highest BCUT2D eigenvalue weighted by Crippen LogP contribution is 2.53. The maximum Gasteiger partial charge on any atom is 0.264 e. The van der Waals surface area contributed by atoms with Crippen LogP contribution in [-0.2, 0) is 31.8 Å². The molecule has 8 heteroatoms. The van der Waals surface area contributed by atoms with Gasteiger partial charge < -0.3 is 10.1 Å². The van der Waals surface area contributed by atoms with Crippen molar-refractivity contribution in [1.82, 2.24) is 10.3 Å². The van der Waals surface area contributed by atoms with E-state index in [9.17, 15) is 8.42 Å². The molecule has 0 radical (unpaired) electrons. The Morgan fingerprint density at radius 2 is 1.85 bits per heavy atom. The van der Waals surface area contributed by atoms with Crippen LogP contribution in [0.15, 0.2) is 60.9 Å². The van der Waals surface area contributed by atoms with Crippen molar-refractivity contribution >= 4 is 21.7 Å². The van der Waals surface area contributed by atoms with E-state index >= 15 is 0 Å². The predicted molar refractivity (Wildman–Crippen MR) is 153 cm³/mol. The Balaban J connectivity index is 1.18. The van der Waals surface area contributed by atoms with Gasteiger partial charge in [0.2, 0.25) is 0 Å². The third-order valence-corrected chi connectivity index (χ3v) is 9.27. The van der Waals surface area contributed by atoms with E-state index in [-0.39, 0.29) is 17.6 Å². The monoisotopic (exact) mass is 566 g/mol. The van der Waals surface area contributed by atoms with Crippen molar-refractivity contribution in [2.45, 2.75) is 75.0 Å². The lowest BCUT2D eigenvalue weighted by atomic mass is 9.89. The second kappa shape index (κ2) is 10.5. The summed E-state index contributed by atoms with van der Waals surface area (Å²) in [7, 11) is -3.40. The number of hydrogen-bond donors (Lipinski definition) is 1. The van der Waals surface area contributed by atoms with Gasteiger partial charge >= 0.3 is 0 Å². The molecule has 1 heterocycles. The third-order valence-electron chi connectivity index (χ3n) is 8.31. The van der Waals surface area contributed by atoms with Gasteiger partial charge in [-0.25, -0.2) is 0 Å². The van der Waals surface area contributed by atoms with Gasteiger partial charge in [0.25, 0.3) is 10.1 Å². The molecule has 3 saturated carbocycles. The first-order valence-corrected chi connectivity index (χ1v) is 16.1. The first-order valence-electron chi connectivity index (χ1n) is 13.9. The molecule has 3 aliphatic carbocycles. The van der Waals surface area contributed by atoms with Crippen molar-refractivity contribution in [3.05, 3.63) is 82.6 Å². The fraction of sp³-hybridized carbons (Fsp3) is 0.452. The molecule has 0 saturated heterocycles. The maximum atomic E-state index is 11.3. The molecule has 0 atom stereocenters. The van der Waals surface area contributed by atoms with Crippen LogP contribution in [0.4, 0.5) is 0 Å². The zero-order chi connectivity index (χ0) is 27.1. The van der Waals surface area contributed by atoms with E-state index in [4.69, 9.17) is 20.5 Å². The molecule has 6 rings (SSSR count). The smallest absolute Gasteiger partial charge is 0.264 e. The zero-order valence-electron chi connectivity index (χ0n) is 22.3. The largest absolute Gasteiger partial charge is 0.490 e. The van der Waals surface area contributed by atoms with E-state index in [1.165, 1.54) is 16.7 Å². The molecule has 0 amide bonds. The molecule has 0 bridgehead atoms. The van der Waals surface area contributed by atoms with Crippen LogP contribution in [0.3, 0.4) is 0 Å². The molecular formula is C31H35ClN2O4S. The summed E-state index contributed by atoms with van der Waals surface area (Å²) in [5.74, 6) is 0.940. The minimum Gasteiger partial charge on any atom is -0.490 e. The van der Waals surface area contributed by atoms with Crippen LogP contribution in [-0.4, -0.2) is 32.4 Å². The number of nitrogens with one attached hydrogen (secondary N) is 1. The molecule has 1 N–H and O–H groups in total. The lowest BCUT2D eigenvalue weighted by Crippen LogP contribution is -2.29. The average Bonchev–Trinajstić information content (AvgIpc) is 3.78. The fourth-order valence-corrected chi connectivity index (χ4v) is 6.20. The summed E-state index contributed by atoms with van der Waals surface area (Å²) in [5.41, 5.74) is 5.80. The topological polar surface area (TPSA) is 77.5 Å². The number of nitrogens with zero attached hydrogens (tertiary/aromatic N) is 1. The highest BCUT2D eigenvalue weighted by Gasteiger charge is 2.46. The minimum atomic E-state index is -3.40. The third kappa shape index (κ3) is 6.17. The number of hydrogen-bond acceptors (Lipinski definition) is 6. The van der Waals surface area contributed by atoms with E-state index < -0.39 is 10.1 Å². The highest BCUT2D eigenvalue weighted by atomic mass is 35.5. The number of para-hydroxylation sites is 1. The molecule has 206 valence electrons. The Bertz CT molecular complexity index is 1460. The van der Waals surface area contributed by atoms with Gasteiger partial charge in [-0.05, 0) is 97.2 Å². The summed E-state index contributed by atoms with van der Waals surface area (Å²) >= 11 is 6.69. The van der Waals surface area contributed by atoms with Crippen LogP contribution in [0.2, 0.25) is 5.02 Å². The van der Waals surface area contributed by atoms with Crippen molar-refractivity contribution in [3.8, 4) is 16.9 Å². The van der Waals surface area contributed by atoms with Gasteiger partial charge in [-0.15, -0.1) is 0 Å². The van der Waals surface area contributed by atoms with E-state index in [0.717, 1.165) is 73.1 Å². The number of aromatic nitrogens is 1. The molecule has 1 aromatic heterocycles. The molecule has 0 aliphatic heterocycles. The Kier molecular flexibility index (Phi) is 7.21. The molecule has 0 unspecified atom stereocenters. The van der Waals surface area contributed by atoms with Crippen molar-refractivity contribution in [2.75, 3.05) is 12.9 Å². The van der Waals surface area contributed by atoms with Gasteiger partial charge in [-0.1, -0.05) is 41.9 Å². The Hall–Kier alpha value is -2.45. The Morgan fingerprint density at radius 1 is 1.05 bits per heavy atom.